The Morgan fingerprint density at radius 1 is 1.24 bits per heavy atom. The Hall–Kier alpha value is -0.570. The van der Waals surface area contributed by atoms with E-state index in [4.69, 9.17) is 39.9 Å². The lowest BCUT2D eigenvalue weighted by molar-refractivity contribution is -0.140. The lowest BCUT2D eigenvalue weighted by atomic mass is 10.2. The highest BCUT2D eigenvalue weighted by atomic mass is 35.5. The van der Waals surface area contributed by atoms with Gasteiger partial charge < -0.3 is 10.2 Å². The lowest BCUT2D eigenvalue weighted by Crippen LogP contribution is -2.40. The summed E-state index contributed by atoms with van der Waals surface area (Å²) >= 11 is 17.5. The van der Waals surface area contributed by atoms with Gasteiger partial charge >= 0.3 is 5.97 Å². The highest BCUT2D eigenvalue weighted by Crippen LogP contribution is 2.37. The van der Waals surface area contributed by atoms with Crippen molar-refractivity contribution in [2.24, 2.45) is 0 Å². The van der Waals surface area contributed by atoms with Crippen LogP contribution in [0.3, 0.4) is 0 Å². The summed E-state index contributed by atoms with van der Waals surface area (Å²) in [6.45, 7) is -0.339. The molecule has 2 N–H and O–H groups in total. The van der Waals surface area contributed by atoms with Crippen molar-refractivity contribution in [3.8, 4) is 0 Å². The van der Waals surface area contributed by atoms with Gasteiger partial charge in [-0.2, -0.15) is 4.31 Å². The van der Waals surface area contributed by atoms with Gasteiger partial charge in [-0.05, 0) is 12.1 Å². The van der Waals surface area contributed by atoms with Gasteiger partial charge in [0, 0.05) is 18.0 Å². The largest absolute Gasteiger partial charge is 0.480 e. The standard InChI is InChI=1S/C11H10Cl3NO5S/c12-5-1-7(13)10(8(14)2-5)21(19,20)15-4-6(16)3-9(15)11(17)18/h1-2,6,9,16H,3-4H2,(H,17,18)/t6?,9-/m0/s1. The Labute approximate surface area is 135 Å². The Morgan fingerprint density at radius 2 is 1.76 bits per heavy atom. The van der Waals surface area contributed by atoms with Crippen LogP contribution < -0.4 is 0 Å². The van der Waals surface area contributed by atoms with Crippen LogP contribution in [0.4, 0.5) is 0 Å². The molecular formula is C11H10Cl3NO5S. The van der Waals surface area contributed by atoms with Crippen molar-refractivity contribution in [1.82, 2.24) is 4.31 Å². The third kappa shape index (κ3) is 3.13. The summed E-state index contributed by atoms with van der Waals surface area (Å²) in [5.74, 6) is -1.35. The van der Waals surface area contributed by atoms with Gasteiger partial charge in [0.05, 0.1) is 16.1 Å². The first kappa shape index (κ1) is 16.8. The molecule has 0 spiro atoms. The average molecular weight is 375 g/mol. The molecule has 0 aromatic heterocycles. The second-order valence-electron chi connectivity index (χ2n) is 4.52. The van der Waals surface area contributed by atoms with Crippen molar-refractivity contribution < 1.29 is 23.4 Å². The van der Waals surface area contributed by atoms with Crippen LogP contribution in [0.25, 0.3) is 0 Å². The van der Waals surface area contributed by atoms with Crippen LogP contribution in [-0.2, 0) is 14.8 Å². The number of halogens is 3. The number of benzene rings is 1. The highest BCUT2D eigenvalue weighted by Gasteiger charge is 2.44. The van der Waals surface area contributed by atoms with Crippen molar-refractivity contribution in [3.63, 3.8) is 0 Å². The lowest BCUT2D eigenvalue weighted by Gasteiger charge is -2.22. The van der Waals surface area contributed by atoms with Gasteiger partial charge in [-0.3, -0.25) is 4.79 Å². The number of β-amino-alcohol motifs (C(OH)–C–C–N with tert-alkyl or cyclic N) is 1. The van der Waals surface area contributed by atoms with E-state index in [1.54, 1.807) is 0 Å². The molecule has 1 aromatic carbocycles. The monoisotopic (exact) mass is 373 g/mol. The molecule has 2 rings (SSSR count). The first-order valence-corrected chi connectivity index (χ1v) is 8.29. The number of aliphatic hydroxyl groups excluding tert-OH is 1. The number of hydrogen-bond acceptors (Lipinski definition) is 4. The summed E-state index contributed by atoms with van der Waals surface area (Å²) < 4.78 is 25.9. The first-order valence-electron chi connectivity index (χ1n) is 5.72. The van der Waals surface area contributed by atoms with Crippen LogP contribution in [-0.4, -0.2) is 47.6 Å². The van der Waals surface area contributed by atoms with E-state index in [1.807, 2.05) is 0 Å². The van der Waals surface area contributed by atoms with Crippen LogP contribution in [0, 0.1) is 0 Å². The zero-order chi connectivity index (χ0) is 15.9. The van der Waals surface area contributed by atoms with Gasteiger partial charge in [0.15, 0.2) is 0 Å². The maximum absolute atomic E-state index is 12.6. The van der Waals surface area contributed by atoms with Crippen molar-refractivity contribution in [2.45, 2.75) is 23.5 Å². The van der Waals surface area contributed by atoms with E-state index in [1.165, 1.54) is 12.1 Å². The Morgan fingerprint density at radius 3 is 2.24 bits per heavy atom. The molecule has 1 aliphatic heterocycles. The van der Waals surface area contributed by atoms with E-state index in [0.29, 0.717) is 4.31 Å². The second-order valence-corrected chi connectivity index (χ2v) is 7.60. The maximum atomic E-state index is 12.6. The molecule has 10 heteroatoms. The number of aliphatic carboxylic acids is 1. The van der Waals surface area contributed by atoms with Crippen molar-refractivity contribution >= 4 is 50.8 Å². The highest BCUT2D eigenvalue weighted by molar-refractivity contribution is 7.89. The zero-order valence-electron chi connectivity index (χ0n) is 10.3. The van der Waals surface area contributed by atoms with Gasteiger partial charge in [-0.15, -0.1) is 0 Å². The predicted molar refractivity (Wildman–Crippen MR) is 77.4 cm³/mol. The molecule has 21 heavy (non-hydrogen) atoms. The van der Waals surface area contributed by atoms with E-state index in [2.05, 4.69) is 0 Å². The Bertz CT molecular complexity index is 670. The van der Waals surface area contributed by atoms with Crippen LogP contribution in [0.15, 0.2) is 17.0 Å². The fourth-order valence-corrected chi connectivity index (χ4v) is 5.29. The van der Waals surface area contributed by atoms with Gasteiger partial charge in [-0.25, -0.2) is 8.42 Å². The SMILES string of the molecule is O=C(O)[C@@H]1CC(O)CN1S(=O)(=O)c1c(Cl)cc(Cl)cc1Cl. The smallest absolute Gasteiger partial charge is 0.322 e. The third-order valence-electron chi connectivity index (χ3n) is 3.05. The Balaban J connectivity index is 2.55. The van der Waals surface area contributed by atoms with Crippen LogP contribution >= 0.6 is 34.8 Å². The molecule has 0 aliphatic carbocycles. The molecule has 0 bridgehead atoms. The fraction of sp³-hybridized carbons (Fsp3) is 0.364. The second kappa shape index (κ2) is 5.91. The van der Waals surface area contributed by atoms with Gasteiger partial charge in [0.1, 0.15) is 10.9 Å². The quantitative estimate of drug-likeness (QED) is 0.842. The number of carboxylic acid groups (broad SMARTS) is 1. The predicted octanol–water partition coefficient (Wildman–Crippen LogP) is 1.86. The average Bonchev–Trinajstić information content (AvgIpc) is 2.70. The van der Waals surface area contributed by atoms with Crippen molar-refractivity contribution in [1.29, 1.82) is 0 Å². The number of rotatable bonds is 3. The summed E-state index contributed by atoms with van der Waals surface area (Å²) in [7, 11) is -4.27. The molecule has 1 aromatic rings. The molecule has 1 unspecified atom stereocenters. The minimum Gasteiger partial charge on any atom is -0.480 e. The van der Waals surface area contributed by atoms with E-state index < -0.39 is 33.0 Å². The molecule has 0 radical (unpaired) electrons. The van der Waals surface area contributed by atoms with Crippen LogP contribution in [0.1, 0.15) is 6.42 Å². The van der Waals surface area contributed by atoms with Crippen molar-refractivity contribution in [3.05, 3.63) is 27.2 Å². The number of aliphatic hydroxyl groups is 1. The molecule has 0 saturated carbocycles. The fourth-order valence-electron chi connectivity index (χ4n) is 2.17. The Kier molecular flexibility index (Phi) is 4.72. The first-order chi connectivity index (χ1) is 9.64. The van der Waals surface area contributed by atoms with E-state index in [-0.39, 0.29) is 28.0 Å². The van der Waals surface area contributed by atoms with E-state index in [0.717, 1.165) is 0 Å². The van der Waals surface area contributed by atoms with Crippen LogP contribution in [0.5, 0.6) is 0 Å². The third-order valence-corrected chi connectivity index (χ3v) is 6.06. The number of sulfonamides is 1. The summed E-state index contributed by atoms with van der Waals surface area (Å²) in [5.41, 5.74) is 0. The minimum atomic E-state index is -4.27. The minimum absolute atomic E-state index is 0.153. The summed E-state index contributed by atoms with van der Waals surface area (Å²) in [6.07, 6.45) is -1.26. The van der Waals surface area contributed by atoms with Crippen molar-refractivity contribution in [2.75, 3.05) is 6.54 Å². The summed E-state index contributed by atoms with van der Waals surface area (Å²) in [5, 5.41) is 18.4. The zero-order valence-corrected chi connectivity index (χ0v) is 13.4. The topological polar surface area (TPSA) is 94.9 Å². The number of carbonyl (C=O) groups is 1. The van der Waals surface area contributed by atoms with Gasteiger partial charge in [0.2, 0.25) is 10.0 Å². The molecule has 1 saturated heterocycles. The normalized spacial score (nSPS) is 23.4. The van der Waals surface area contributed by atoms with Gasteiger partial charge in [0.25, 0.3) is 0 Å². The molecule has 1 aliphatic rings. The van der Waals surface area contributed by atoms with Gasteiger partial charge in [-0.1, -0.05) is 34.8 Å². The van der Waals surface area contributed by atoms with Crippen LogP contribution in [0.2, 0.25) is 15.1 Å². The number of nitrogens with zero attached hydrogens (tertiary/aromatic N) is 1. The molecule has 0 amide bonds. The maximum Gasteiger partial charge on any atom is 0.322 e. The molecule has 6 nitrogen and oxygen atoms in total. The molecular weight excluding hydrogens is 365 g/mol. The molecule has 2 atom stereocenters. The molecule has 1 heterocycles. The molecule has 1 fully saturated rings. The summed E-state index contributed by atoms with van der Waals surface area (Å²) in [6, 6.07) is 1.03. The number of carboxylic acids is 1. The summed E-state index contributed by atoms with van der Waals surface area (Å²) in [4.78, 5) is 10.7. The van der Waals surface area contributed by atoms with E-state index >= 15 is 0 Å². The number of hydrogen-bond donors (Lipinski definition) is 2. The van der Waals surface area contributed by atoms with E-state index in [9.17, 15) is 18.3 Å². The molecule has 116 valence electrons.